The smallest absolute Gasteiger partial charge is 0.336 e. The molecule has 2 heterocycles. The van der Waals surface area contributed by atoms with Gasteiger partial charge < -0.3 is 9.73 Å². The van der Waals surface area contributed by atoms with Crippen LogP contribution in [0.1, 0.15) is 30.5 Å². The third kappa shape index (κ3) is 3.22. The summed E-state index contributed by atoms with van der Waals surface area (Å²) in [5.41, 5.74) is 2.54. The van der Waals surface area contributed by atoms with Crippen LogP contribution in [0.15, 0.2) is 45.9 Å². The highest BCUT2D eigenvalue weighted by Gasteiger charge is 2.13. The molecule has 0 aliphatic rings. The number of carbonyl (C=O) groups is 1. The molecule has 6 heteroatoms. The fourth-order valence-corrected chi connectivity index (χ4v) is 2.71. The van der Waals surface area contributed by atoms with Crippen molar-refractivity contribution in [3.63, 3.8) is 0 Å². The first-order valence-electron chi connectivity index (χ1n) is 7.78. The van der Waals surface area contributed by atoms with Crippen LogP contribution in [0.5, 0.6) is 0 Å². The van der Waals surface area contributed by atoms with Gasteiger partial charge in [-0.2, -0.15) is 5.10 Å². The lowest BCUT2D eigenvalue weighted by atomic mass is 10.1. The molecule has 1 unspecified atom stereocenters. The normalized spacial score (nSPS) is 12.3. The molecule has 0 radical (unpaired) electrons. The van der Waals surface area contributed by atoms with Crippen molar-refractivity contribution < 1.29 is 9.21 Å². The third-order valence-corrected chi connectivity index (χ3v) is 4.03. The Kier molecular flexibility index (Phi) is 4.20. The number of carbonyl (C=O) groups excluding carboxylic acids is 1. The van der Waals surface area contributed by atoms with Gasteiger partial charge in [0, 0.05) is 36.0 Å². The van der Waals surface area contributed by atoms with Gasteiger partial charge in [0.05, 0.1) is 6.04 Å². The number of rotatable bonds is 4. The van der Waals surface area contributed by atoms with Crippen LogP contribution < -0.4 is 10.9 Å². The molecule has 1 aromatic carbocycles. The molecule has 6 nitrogen and oxygen atoms in total. The zero-order chi connectivity index (χ0) is 17.3. The average Bonchev–Trinajstić information content (AvgIpc) is 3.03. The van der Waals surface area contributed by atoms with Gasteiger partial charge in [-0.1, -0.05) is 0 Å². The number of nitrogens with zero attached hydrogens (tertiary/aromatic N) is 2. The van der Waals surface area contributed by atoms with E-state index in [1.807, 2.05) is 39.1 Å². The molecule has 0 aliphatic heterocycles. The molecule has 2 aromatic heterocycles. The Morgan fingerprint density at radius 3 is 2.79 bits per heavy atom. The molecule has 0 saturated heterocycles. The van der Waals surface area contributed by atoms with E-state index in [1.54, 1.807) is 16.9 Å². The fourth-order valence-electron chi connectivity index (χ4n) is 2.71. The lowest BCUT2D eigenvalue weighted by Crippen LogP contribution is -2.18. The Hall–Kier alpha value is -2.89. The Bertz CT molecular complexity index is 942. The largest absolute Gasteiger partial charge is 0.423 e. The monoisotopic (exact) mass is 325 g/mol. The molecular weight excluding hydrogens is 306 g/mol. The molecule has 3 rings (SSSR count). The first kappa shape index (κ1) is 16.0. The summed E-state index contributed by atoms with van der Waals surface area (Å²) >= 11 is 0. The minimum absolute atomic E-state index is 0.0273. The molecule has 124 valence electrons. The predicted octanol–water partition coefficient (Wildman–Crippen LogP) is 3.20. The summed E-state index contributed by atoms with van der Waals surface area (Å²) in [7, 11) is 0. The van der Waals surface area contributed by atoms with Gasteiger partial charge >= 0.3 is 5.63 Å². The van der Waals surface area contributed by atoms with Crippen LogP contribution in [-0.2, 0) is 4.79 Å². The van der Waals surface area contributed by atoms with Crippen LogP contribution in [0.3, 0.4) is 0 Å². The second-order valence-corrected chi connectivity index (χ2v) is 6.00. The van der Waals surface area contributed by atoms with E-state index in [2.05, 4.69) is 10.4 Å². The predicted molar refractivity (Wildman–Crippen MR) is 92.1 cm³/mol. The minimum atomic E-state index is -0.371. The van der Waals surface area contributed by atoms with Crippen molar-refractivity contribution in [1.82, 2.24) is 9.78 Å². The number of benzene rings is 1. The van der Waals surface area contributed by atoms with E-state index in [1.165, 1.54) is 6.07 Å². The van der Waals surface area contributed by atoms with E-state index in [9.17, 15) is 9.59 Å². The highest BCUT2D eigenvalue weighted by atomic mass is 16.4. The summed E-state index contributed by atoms with van der Waals surface area (Å²) in [5, 5.41) is 7.90. The Morgan fingerprint density at radius 2 is 2.08 bits per heavy atom. The lowest BCUT2D eigenvalue weighted by molar-refractivity contribution is -0.116. The molecule has 0 saturated carbocycles. The molecule has 0 bridgehead atoms. The van der Waals surface area contributed by atoms with E-state index in [-0.39, 0.29) is 17.6 Å². The zero-order valence-corrected chi connectivity index (χ0v) is 13.9. The van der Waals surface area contributed by atoms with Gasteiger partial charge in [0.15, 0.2) is 0 Å². The lowest BCUT2D eigenvalue weighted by Gasteiger charge is -2.14. The van der Waals surface area contributed by atoms with Crippen molar-refractivity contribution in [3.8, 4) is 0 Å². The van der Waals surface area contributed by atoms with E-state index in [0.717, 1.165) is 22.2 Å². The van der Waals surface area contributed by atoms with Crippen molar-refractivity contribution >= 4 is 22.6 Å². The molecule has 1 atom stereocenters. The average molecular weight is 325 g/mol. The molecule has 1 N–H and O–H groups in total. The van der Waals surface area contributed by atoms with E-state index in [4.69, 9.17) is 4.42 Å². The number of hydrogen-bond acceptors (Lipinski definition) is 4. The third-order valence-electron chi connectivity index (χ3n) is 4.03. The molecule has 0 fully saturated rings. The number of hydrogen-bond donors (Lipinski definition) is 1. The molecule has 24 heavy (non-hydrogen) atoms. The minimum Gasteiger partial charge on any atom is -0.423 e. The van der Waals surface area contributed by atoms with Crippen LogP contribution in [0.2, 0.25) is 0 Å². The number of nitrogens with one attached hydrogen (secondary N) is 1. The number of anilines is 1. The number of aryl methyl sites for hydroxylation is 2. The molecule has 3 aromatic rings. The van der Waals surface area contributed by atoms with E-state index in [0.29, 0.717) is 12.0 Å². The second-order valence-electron chi connectivity index (χ2n) is 6.00. The van der Waals surface area contributed by atoms with Crippen LogP contribution in [0.4, 0.5) is 5.69 Å². The van der Waals surface area contributed by atoms with Gasteiger partial charge in [-0.3, -0.25) is 9.48 Å². The van der Waals surface area contributed by atoms with Crippen molar-refractivity contribution in [2.45, 2.75) is 33.2 Å². The van der Waals surface area contributed by atoms with Gasteiger partial charge in [-0.25, -0.2) is 4.79 Å². The quantitative estimate of drug-likeness (QED) is 0.747. The number of aromatic nitrogens is 2. The maximum Gasteiger partial charge on any atom is 0.336 e. The topological polar surface area (TPSA) is 77.1 Å². The van der Waals surface area contributed by atoms with Crippen LogP contribution in [-0.4, -0.2) is 15.7 Å². The standard InChI is InChI=1S/C18H19N3O3/c1-11-8-18(23)24-16-7-12(2)15(10-14(11)16)20-17(22)9-13(3)21-6-4-5-19-21/h4-8,10,13H,9H2,1-3H3,(H,20,22). The zero-order valence-electron chi connectivity index (χ0n) is 13.9. The second kappa shape index (κ2) is 6.31. The van der Waals surface area contributed by atoms with Gasteiger partial charge in [0.25, 0.3) is 0 Å². The summed E-state index contributed by atoms with van der Waals surface area (Å²) in [6.07, 6.45) is 3.85. The maximum absolute atomic E-state index is 12.3. The summed E-state index contributed by atoms with van der Waals surface area (Å²) in [6, 6.07) is 6.87. The van der Waals surface area contributed by atoms with Crippen LogP contribution in [0, 0.1) is 13.8 Å². The van der Waals surface area contributed by atoms with Crippen molar-refractivity contribution in [2.24, 2.45) is 0 Å². The van der Waals surface area contributed by atoms with E-state index >= 15 is 0 Å². The van der Waals surface area contributed by atoms with Crippen LogP contribution >= 0.6 is 0 Å². The molecule has 1 amide bonds. The summed E-state index contributed by atoms with van der Waals surface area (Å²) in [4.78, 5) is 23.8. The van der Waals surface area contributed by atoms with Crippen molar-refractivity contribution in [2.75, 3.05) is 5.32 Å². The first-order valence-corrected chi connectivity index (χ1v) is 7.78. The summed E-state index contributed by atoms with van der Waals surface area (Å²) in [5.74, 6) is -0.0875. The molecular formula is C18H19N3O3. The fraction of sp³-hybridized carbons (Fsp3) is 0.278. The van der Waals surface area contributed by atoms with Gasteiger partial charge in [-0.15, -0.1) is 0 Å². The first-order chi connectivity index (χ1) is 11.4. The van der Waals surface area contributed by atoms with Gasteiger partial charge in [0.2, 0.25) is 5.91 Å². The van der Waals surface area contributed by atoms with Crippen LogP contribution in [0.25, 0.3) is 11.0 Å². The Balaban J connectivity index is 1.83. The number of amides is 1. The molecule has 0 spiro atoms. The van der Waals surface area contributed by atoms with Gasteiger partial charge in [-0.05, 0) is 50.1 Å². The highest BCUT2D eigenvalue weighted by molar-refractivity contribution is 5.95. The highest BCUT2D eigenvalue weighted by Crippen LogP contribution is 2.25. The van der Waals surface area contributed by atoms with Crippen molar-refractivity contribution in [3.05, 3.63) is 58.2 Å². The number of fused-ring (bicyclic) bond motifs is 1. The summed E-state index contributed by atoms with van der Waals surface area (Å²) in [6.45, 7) is 5.66. The Labute approximate surface area is 139 Å². The van der Waals surface area contributed by atoms with E-state index < -0.39 is 0 Å². The maximum atomic E-state index is 12.3. The SMILES string of the molecule is Cc1cc2oc(=O)cc(C)c2cc1NC(=O)CC(C)n1cccn1. The molecule has 0 aliphatic carbocycles. The van der Waals surface area contributed by atoms with Gasteiger partial charge in [0.1, 0.15) is 5.58 Å². The Morgan fingerprint density at radius 1 is 1.29 bits per heavy atom. The van der Waals surface area contributed by atoms with Crippen molar-refractivity contribution in [1.29, 1.82) is 0 Å². The summed E-state index contributed by atoms with van der Waals surface area (Å²) < 4.78 is 6.97.